The molecule has 104 valence electrons. The number of rotatable bonds is 4. The molecule has 0 unspecified atom stereocenters. The molecule has 0 aliphatic carbocycles. The van der Waals surface area contributed by atoms with Crippen LogP contribution in [0.15, 0.2) is 0 Å². The number of morpholine rings is 1. The van der Waals surface area contributed by atoms with Gasteiger partial charge in [0, 0.05) is 39.3 Å². The molecule has 5 nitrogen and oxygen atoms in total. The quantitative estimate of drug-likeness (QED) is 0.763. The summed E-state index contributed by atoms with van der Waals surface area (Å²) in [7, 11) is 0. The first-order valence-electron chi connectivity index (χ1n) is 7.14. The summed E-state index contributed by atoms with van der Waals surface area (Å²) in [6.45, 7) is 9.26. The lowest BCUT2D eigenvalue weighted by molar-refractivity contribution is -0.147. The lowest BCUT2D eigenvalue weighted by Crippen LogP contribution is -2.55. The molecule has 2 heterocycles. The second-order valence-electron chi connectivity index (χ2n) is 5.08. The van der Waals surface area contributed by atoms with Crippen molar-refractivity contribution in [2.24, 2.45) is 0 Å². The van der Waals surface area contributed by atoms with Crippen LogP contribution in [0.3, 0.4) is 0 Å². The maximum absolute atomic E-state index is 12.2. The summed E-state index contributed by atoms with van der Waals surface area (Å²) in [5, 5.41) is 3.21. The molecule has 0 saturated carbocycles. The van der Waals surface area contributed by atoms with Crippen molar-refractivity contribution in [1.82, 2.24) is 15.1 Å². The molecular weight excluding hydrogens is 230 g/mol. The minimum atomic E-state index is -0.263. The monoisotopic (exact) mass is 255 g/mol. The molecule has 0 aromatic carbocycles. The van der Waals surface area contributed by atoms with Gasteiger partial charge in [-0.25, -0.2) is 0 Å². The van der Waals surface area contributed by atoms with Gasteiger partial charge in [-0.3, -0.25) is 9.69 Å². The van der Waals surface area contributed by atoms with Crippen LogP contribution < -0.4 is 5.32 Å². The Morgan fingerprint density at radius 3 is 2.72 bits per heavy atom. The summed E-state index contributed by atoms with van der Waals surface area (Å²) < 4.78 is 5.52. The highest BCUT2D eigenvalue weighted by atomic mass is 16.5. The molecule has 0 spiro atoms. The lowest BCUT2D eigenvalue weighted by atomic mass is 10.2. The van der Waals surface area contributed by atoms with Crippen molar-refractivity contribution in [3.05, 3.63) is 0 Å². The SMILES string of the molecule is CCCCN1CCN(C(=O)[C@H]2CNCCO2)CC1. The predicted octanol–water partition coefficient (Wildman–Crippen LogP) is -0.0809. The molecule has 0 bridgehead atoms. The number of hydrogen-bond donors (Lipinski definition) is 1. The van der Waals surface area contributed by atoms with Crippen LogP contribution in [-0.4, -0.2) is 74.2 Å². The van der Waals surface area contributed by atoms with E-state index in [-0.39, 0.29) is 12.0 Å². The maximum atomic E-state index is 12.2. The van der Waals surface area contributed by atoms with E-state index >= 15 is 0 Å². The molecule has 1 N–H and O–H groups in total. The number of hydrogen-bond acceptors (Lipinski definition) is 4. The van der Waals surface area contributed by atoms with Crippen LogP contribution in [-0.2, 0) is 9.53 Å². The predicted molar refractivity (Wildman–Crippen MR) is 70.5 cm³/mol. The number of amides is 1. The van der Waals surface area contributed by atoms with E-state index in [2.05, 4.69) is 17.1 Å². The lowest BCUT2D eigenvalue weighted by Gasteiger charge is -2.37. The fraction of sp³-hybridized carbons (Fsp3) is 0.923. The van der Waals surface area contributed by atoms with Crippen LogP contribution in [0.2, 0.25) is 0 Å². The molecule has 1 atom stereocenters. The van der Waals surface area contributed by atoms with Crippen molar-refractivity contribution in [2.75, 3.05) is 52.4 Å². The summed E-state index contributed by atoms with van der Waals surface area (Å²) in [5.41, 5.74) is 0. The maximum Gasteiger partial charge on any atom is 0.253 e. The number of ether oxygens (including phenoxy) is 1. The van der Waals surface area contributed by atoms with Gasteiger partial charge in [0.15, 0.2) is 0 Å². The van der Waals surface area contributed by atoms with Crippen molar-refractivity contribution in [3.63, 3.8) is 0 Å². The fourth-order valence-electron chi connectivity index (χ4n) is 2.50. The Labute approximate surface area is 109 Å². The Bertz CT molecular complexity index is 259. The number of nitrogens with zero attached hydrogens (tertiary/aromatic N) is 2. The van der Waals surface area contributed by atoms with Crippen LogP contribution in [0.1, 0.15) is 19.8 Å². The molecule has 2 aliphatic heterocycles. The smallest absolute Gasteiger partial charge is 0.253 e. The molecule has 0 radical (unpaired) electrons. The third-order valence-corrected chi connectivity index (χ3v) is 3.71. The third kappa shape index (κ3) is 3.67. The fourth-order valence-corrected chi connectivity index (χ4v) is 2.50. The highest BCUT2D eigenvalue weighted by molar-refractivity contribution is 5.81. The zero-order valence-corrected chi connectivity index (χ0v) is 11.4. The Morgan fingerprint density at radius 1 is 1.33 bits per heavy atom. The molecule has 1 amide bonds. The third-order valence-electron chi connectivity index (χ3n) is 3.71. The van der Waals surface area contributed by atoms with Crippen molar-refractivity contribution in [3.8, 4) is 0 Å². The van der Waals surface area contributed by atoms with Gasteiger partial charge < -0.3 is 15.0 Å². The van der Waals surface area contributed by atoms with E-state index < -0.39 is 0 Å². The first kappa shape index (κ1) is 13.8. The Hall–Kier alpha value is -0.650. The molecule has 0 aromatic heterocycles. The first-order chi connectivity index (χ1) is 8.81. The molecule has 2 fully saturated rings. The van der Waals surface area contributed by atoms with Gasteiger partial charge in [-0.2, -0.15) is 0 Å². The molecular formula is C13H25N3O2. The highest BCUT2D eigenvalue weighted by Gasteiger charge is 2.28. The summed E-state index contributed by atoms with van der Waals surface area (Å²) >= 11 is 0. The first-order valence-corrected chi connectivity index (χ1v) is 7.14. The zero-order valence-electron chi connectivity index (χ0n) is 11.4. The average Bonchev–Trinajstić information content (AvgIpc) is 2.46. The zero-order chi connectivity index (χ0) is 12.8. The Balaban J connectivity index is 1.73. The van der Waals surface area contributed by atoms with Crippen LogP contribution in [0.25, 0.3) is 0 Å². The number of carbonyl (C=O) groups excluding carboxylic acids is 1. The van der Waals surface area contributed by atoms with Gasteiger partial charge in [0.2, 0.25) is 0 Å². The van der Waals surface area contributed by atoms with Crippen molar-refractivity contribution < 1.29 is 9.53 Å². The molecule has 2 rings (SSSR count). The standard InChI is InChI=1S/C13H25N3O2/c1-2-3-5-15-6-8-16(9-7-15)13(17)12-11-14-4-10-18-12/h12,14H,2-11H2,1H3/t12-/m1/s1. The summed E-state index contributed by atoms with van der Waals surface area (Å²) in [4.78, 5) is 16.6. The van der Waals surface area contributed by atoms with Crippen LogP contribution in [0.5, 0.6) is 0 Å². The van der Waals surface area contributed by atoms with E-state index in [4.69, 9.17) is 4.74 Å². The van der Waals surface area contributed by atoms with E-state index in [9.17, 15) is 4.79 Å². The van der Waals surface area contributed by atoms with Crippen LogP contribution in [0, 0.1) is 0 Å². The van der Waals surface area contributed by atoms with E-state index in [1.54, 1.807) is 0 Å². The minimum absolute atomic E-state index is 0.164. The van der Waals surface area contributed by atoms with Crippen molar-refractivity contribution in [1.29, 1.82) is 0 Å². The number of carbonyl (C=O) groups is 1. The Morgan fingerprint density at radius 2 is 2.11 bits per heavy atom. The number of unbranched alkanes of at least 4 members (excludes halogenated alkanes) is 1. The normalized spacial score (nSPS) is 26.3. The molecule has 5 heteroatoms. The number of nitrogens with one attached hydrogen (secondary N) is 1. The summed E-state index contributed by atoms with van der Waals surface area (Å²) in [6.07, 6.45) is 2.23. The van der Waals surface area contributed by atoms with E-state index in [1.807, 2.05) is 4.90 Å². The van der Waals surface area contributed by atoms with Gasteiger partial charge in [-0.05, 0) is 13.0 Å². The van der Waals surface area contributed by atoms with Gasteiger partial charge in [0.05, 0.1) is 6.61 Å². The van der Waals surface area contributed by atoms with Gasteiger partial charge in [0.25, 0.3) is 5.91 Å². The Kier molecular flexibility index (Phi) is 5.41. The van der Waals surface area contributed by atoms with Gasteiger partial charge >= 0.3 is 0 Å². The molecule has 0 aromatic rings. The largest absolute Gasteiger partial charge is 0.366 e. The molecule has 2 aliphatic rings. The second-order valence-corrected chi connectivity index (χ2v) is 5.08. The van der Waals surface area contributed by atoms with Gasteiger partial charge in [-0.15, -0.1) is 0 Å². The van der Waals surface area contributed by atoms with Gasteiger partial charge in [0.1, 0.15) is 6.10 Å². The second kappa shape index (κ2) is 7.07. The van der Waals surface area contributed by atoms with E-state index in [0.29, 0.717) is 13.2 Å². The van der Waals surface area contributed by atoms with Crippen LogP contribution in [0.4, 0.5) is 0 Å². The topological polar surface area (TPSA) is 44.8 Å². The molecule has 2 saturated heterocycles. The van der Waals surface area contributed by atoms with Gasteiger partial charge in [-0.1, -0.05) is 13.3 Å². The number of piperazine rings is 1. The summed E-state index contributed by atoms with van der Waals surface area (Å²) in [5.74, 6) is 0.164. The summed E-state index contributed by atoms with van der Waals surface area (Å²) in [6, 6.07) is 0. The highest BCUT2D eigenvalue weighted by Crippen LogP contribution is 2.08. The van der Waals surface area contributed by atoms with Crippen LogP contribution >= 0.6 is 0 Å². The minimum Gasteiger partial charge on any atom is -0.366 e. The van der Waals surface area contributed by atoms with E-state index in [0.717, 1.165) is 32.7 Å². The van der Waals surface area contributed by atoms with E-state index in [1.165, 1.54) is 19.4 Å². The average molecular weight is 255 g/mol. The van der Waals surface area contributed by atoms with Crippen molar-refractivity contribution >= 4 is 5.91 Å². The van der Waals surface area contributed by atoms with Crippen molar-refractivity contribution in [2.45, 2.75) is 25.9 Å². The molecule has 18 heavy (non-hydrogen) atoms.